The zero-order valence-corrected chi connectivity index (χ0v) is 8.50. The van der Waals surface area contributed by atoms with Crippen LogP contribution in [0.4, 0.5) is 9.59 Å². The molecule has 8 heteroatoms. The molecule has 0 aliphatic rings. The molecule has 0 amide bonds. The molecule has 0 radical (unpaired) electrons. The monoisotopic (exact) mass is 226 g/mol. The fourth-order valence-corrected chi connectivity index (χ4v) is 0.144. The van der Waals surface area contributed by atoms with Crippen molar-refractivity contribution in [3.63, 3.8) is 0 Å². The fraction of sp³-hybridized carbons (Fsp3) is 0.571. The Balaban J connectivity index is -0.000000155. The number of carbonyl (C=O) groups is 3. The van der Waals surface area contributed by atoms with Gasteiger partial charge in [-0.15, -0.1) is 0 Å². The van der Waals surface area contributed by atoms with Crippen molar-refractivity contribution in [2.75, 3.05) is 0 Å². The molecule has 0 aromatic carbocycles. The first-order valence-corrected chi connectivity index (χ1v) is 3.48. The van der Waals surface area contributed by atoms with Crippen LogP contribution >= 0.6 is 0 Å². The summed E-state index contributed by atoms with van der Waals surface area (Å²) in [6.45, 7) is 5.92. The Hall–Kier alpha value is -1.99. The highest BCUT2D eigenvalue weighted by atomic mass is 16.6. The molecule has 0 aromatic rings. The smallest absolute Gasteiger partial charge is 0.462 e. The lowest BCUT2D eigenvalue weighted by Gasteiger charge is -2.14. The van der Waals surface area contributed by atoms with Crippen LogP contribution in [0.25, 0.3) is 0 Å². The second kappa shape index (κ2) is 10.1. The van der Waals surface area contributed by atoms with Gasteiger partial charge in [-0.25, -0.2) is 9.59 Å². The first-order valence-electron chi connectivity index (χ1n) is 3.48. The molecule has 0 unspecified atom stereocenters. The third kappa shape index (κ3) is 298. The van der Waals surface area contributed by atoms with Gasteiger partial charge in [-0.2, -0.15) is 0 Å². The second-order valence-electron chi connectivity index (χ2n) is 2.89. The molecule has 0 aromatic heterocycles. The lowest BCUT2D eigenvalue weighted by molar-refractivity contribution is -0.138. The molecule has 4 N–H and O–H groups in total. The molecule has 0 saturated heterocycles. The van der Waals surface area contributed by atoms with Crippen LogP contribution in [0.5, 0.6) is 0 Å². The largest absolute Gasteiger partial charge is 0.503 e. The zero-order chi connectivity index (χ0) is 13.1. The first kappa shape index (κ1) is 18.7. The molecule has 0 heterocycles. The summed E-state index contributed by atoms with van der Waals surface area (Å²) in [4.78, 5) is 26.7. The molecule has 0 spiro atoms. The first-order chi connectivity index (χ1) is 6.52. The Labute approximate surface area is 85.7 Å². The third-order valence-corrected chi connectivity index (χ3v) is 0.402. The highest BCUT2D eigenvalue weighted by Crippen LogP contribution is 2.02. The number of rotatable bonds is 1. The summed E-state index contributed by atoms with van der Waals surface area (Å²) in [6.07, 6.45) is -3.67. The van der Waals surface area contributed by atoms with Crippen LogP contribution in [0, 0.1) is 0 Å². The summed E-state index contributed by atoms with van der Waals surface area (Å²) in [7, 11) is 0. The highest BCUT2D eigenvalue weighted by Gasteiger charge is 2.07. The van der Waals surface area contributed by atoms with Gasteiger partial charge in [0.2, 0.25) is 0 Å². The lowest BCUT2D eigenvalue weighted by atomic mass is 10.2. The van der Waals surface area contributed by atoms with E-state index < -0.39 is 12.3 Å². The Kier molecular flexibility index (Phi) is 12.6. The average molecular weight is 226 g/mol. The van der Waals surface area contributed by atoms with Crippen molar-refractivity contribution in [1.82, 2.24) is 0 Å². The van der Waals surface area contributed by atoms with Crippen LogP contribution in [0.1, 0.15) is 20.8 Å². The zero-order valence-electron chi connectivity index (χ0n) is 8.50. The molecule has 0 bridgehead atoms. The Bertz CT molecular complexity index is 172. The van der Waals surface area contributed by atoms with Gasteiger partial charge in [-0.1, -0.05) is 0 Å². The van der Waals surface area contributed by atoms with E-state index in [1.165, 1.54) is 0 Å². The third-order valence-electron chi connectivity index (χ3n) is 0.402. The van der Waals surface area contributed by atoms with Gasteiger partial charge in [0.15, 0.2) is 0 Å². The van der Waals surface area contributed by atoms with E-state index >= 15 is 0 Å². The fourth-order valence-electron chi connectivity index (χ4n) is 0.144. The molecule has 0 aliphatic heterocycles. The van der Waals surface area contributed by atoms with E-state index in [0.29, 0.717) is 6.47 Å². The van der Waals surface area contributed by atoms with Crippen LogP contribution in [0.3, 0.4) is 0 Å². The van der Waals surface area contributed by atoms with Gasteiger partial charge in [-0.05, 0) is 20.8 Å². The number of carboxylic acid groups (broad SMARTS) is 4. The SMILES string of the molecule is CC(C)(C)OC=O.O=C(O)O.O=C(O)O. The van der Waals surface area contributed by atoms with Crippen molar-refractivity contribution < 1.29 is 39.5 Å². The Morgan fingerprint density at radius 2 is 1.20 bits per heavy atom. The summed E-state index contributed by atoms with van der Waals surface area (Å²) in [5.74, 6) is 0. The van der Waals surface area contributed by atoms with Gasteiger partial charge in [0.1, 0.15) is 5.60 Å². The van der Waals surface area contributed by atoms with E-state index in [1.54, 1.807) is 0 Å². The van der Waals surface area contributed by atoms with E-state index in [9.17, 15) is 4.79 Å². The van der Waals surface area contributed by atoms with Crippen molar-refractivity contribution in [2.45, 2.75) is 26.4 Å². The van der Waals surface area contributed by atoms with Crippen molar-refractivity contribution in [2.24, 2.45) is 0 Å². The highest BCUT2D eigenvalue weighted by molar-refractivity contribution is 5.53. The van der Waals surface area contributed by atoms with E-state index in [1.807, 2.05) is 20.8 Å². The predicted octanol–water partition coefficient (Wildman–Crippen LogP) is 1.40. The Morgan fingerprint density at radius 3 is 1.20 bits per heavy atom. The lowest BCUT2D eigenvalue weighted by Crippen LogP contribution is -2.17. The molecule has 0 aliphatic carbocycles. The van der Waals surface area contributed by atoms with Crippen LogP contribution in [0.2, 0.25) is 0 Å². The predicted molar refractivity (Wildman–Crippen MR) is 48.2 cm³/mol. The van der Waals surface area contributed by atoms with E-state index in [-0.39, 0.29) is 5.60 Å². The van der Waals surface area contributed by atoms with Crippen molar-refractivity contribution >= 4 is 18.8 Å². The van der Waals surface area contributed by atoms with E-state index in [0.717, 1.165) is 0 Å². The molecular weight excluding hydrogens is 212 g/mol. The maximum atomic E-state index is 9.60. The molecule has 8 nitrogen and oxygen atoms in total. The van der Waals surface area contributed by atoms with Crippen LogP contribution in [0.15, 0.2) is 0 Å². The van der Waals surface area contributed by atoms with Gasteiger partial charge in [0.25, 0.3) is 6.47 Å². The topological polar surface area (TPSA) is 141 Å². The molecule has 0 rings (SSSR count). The summed E-state index contributed by atoms with van der Waals surface area (Å²) in [6, 6.07) is 0. The minimum Gasteiger partial charge on any atom is -0.462 e. The number of ether oxygens (including phenoxy) is 1. The van der Waals surface area contributed by atoms with Crippen molar-refractivity contribution in [1.29, 1.82) is 0 Å². The van der Waals surface area contributed by atoms with Gasteiger partial charge >= 0.3 is 12.3 Å². The number of hydrogen-bond donors (Lipinski definition) is 4. The minimum atomic E-state index is -1.83. The standard InChI is InChI=1S/C5H10O2.2CH2O3/c1-5(2,3)7-4-6;2*2-1(3)4/h4H,1-3H3;2*(H2,2,3,4). The van der Waals surface area contributed by atoms with Crippen LogP contribution in [-0.2, 0) is 9.53 Å². The van der Waals surface area contributed by atoms with Gasteiger partial charge in [-0.3, -0.25) is 4.79 Å². The molecule has 15 heavy (non-hydrogen) atoms. The van der Waals surface area contributed by atoms with Gasteiger partial charge in [0, 0.05) is 0 Å². The maximum Gasteiger partial charge on any atom is 0.503 e. The molecular formula is C7H14O8. The molecule has 0 atom stereocenters. The van der Waals surface area contributed by atoms with Crippen LogP contribution in [-0.4, -0.2) is 44.8 Å². The summed E-state index contributed by atoms with van der Waals surface area (Å²) < 4.78 is 4.55. The normalized spacial score (nSPS) is 8.20. The summed E-state index contributed by atoms with van der Waals surface area (Å²) in [5.41, 5.74) is -0.318. The van der Waals surface area contributed by atoms with E-state index in [2.05, 4.69) is 4.74 Å². The van der Waals surface area contributed by atoms with Crippen molar-refractivity contribution in [3.05, 3.63) is 0 Å². The molecule has 0 saturated carbocycles. The maximum absolute atomic E-state index is 9.60. The molecule has 90 valence electrons. The molecule has 0 fully saturated rings. The van der Waals surface area contributed by atoms with Crippen LogP contribution < -0.4 is 0 Å². The number of hydrogen-bond acceptors (Lipinski definition) is 4. The van der Waals surface area contributed by atoms with E-state index in [4.69, 9.17) is 30.0 Å². The van der Waals surface area contributed by atoms with Gasteiger partial charge < -0.3 is 25.2 Å². The number of carbonyl (C=O) groups excluding carboxylic acids is 1. The second-order valence-corrected chi connectivity index (χ2v) is 2.89. The minimum absolute atomic E-state index is 0.318. The summed E-state index contributed by atoms with van der Waals surface area (Å²) in [5, 5.41) is 27.9. The van der Waals surface area contributed by atoms with Crippen molar-refractivity contribution in [3.8, 4) is 0 Å². The Morgan fingerprint density at radius 1 is 1.00 bits per heavy atom. The average Bonchev–Trinajstić information content (AvgIpc) is 1.79. The van der Waals surface area contributed by atoms with Gasteiger partial charge in [0.05, 0.1) is 0 Å². The summed E-state index contributed by atoms with van der Waals surface area (Å²) >= 11 is 0. The quantitative estimate of drug-likeness (QED) is 0.491.